The van der Waals surface area contributed by atoms with Crippen LogP contribution in [0.1, 0.15) is 54.9 Å². The zero-order chi connectivity index (χ0) is 15.3. The van der Waals surface area contributed by atoms with Crippen LogP contribution in [0.5, 0.6) is 0 Å². The van der Waals surface area contributed by atoms with Crippen molar-refractivity contribution in [2.75, 3.05) is 6.54 Å². The molecule has 112 valence electrons. The van der Waals surface area contributed by atoms with E-state index in [4.69, 9.17) is 4.74 Å². The standard InChI is InChI=1S/C15H29NO2S/c1-9-12(17)18-14(5,6)11-13(3,4)15(7,8)19-16-10-2/h9,16H,1,10-11H2,2-8H3. The quantitative estimate of drug-likeness (QED) is 0.417. The molecule has 0 amide bonds. The van der Waals surface area contributed by atoms with Gasteiger partial charge in [-0.1, -0.05) is 39.3 Å². The highest BCUT2D eigenvalue weighted by Gasteiger charge is 2.42. The lowest BCUT2D eigenvalue weighted by atomic mass is 9.73. The molecule has 0 bridgehead atoms. The van der Waals surface area contributed by atoms with E-state index >= 15 is 0 Å². The van der Waals surface area contributed by atoms with Gasteiger partial charge in [-0.25, -0.2) is 4.79 Å². The van der Waals surface area contributed by atoms with Crippen molar-refractivity contribution >= 4 is 17.9 Å². The number of esters is 1. The molecule has 1 N–H and O–H groups in total. The van der Waals surface area contributed by atoms with Crippen molar-refractivity contribution < 1.29 is 9.53 Å². The molecule has 0 aliphatic rings. The summed E-state index contributed by atoms with van der Waals surface area (Å²) in [7, 11) is 0. The molecular weight excluding hydrogens is 258 g/mol. The number of hydrogen-bond donors (Lipinski definition) is 1. The van der Waals surface area contributed by atoms with Gasteiger partial charge in [-0.15, -0.1) is 0 Å². The minimum Gasteiger partial charge on any atom is -0.457 e. The zero-order valence-corrected chi connectivity index (χ0v) is 14.2. The summed E-state index contributed by atoms with van der Waals surface area (Å²) in [5.41, 5.74) is -0.496. The monoisotopic (exact) mass is 287 g/mol. The third-order valence-corrected chi connectivity index (χ3v) is 5.01. The molecule has 0 aliphatic heterocycles. The van der Waals surface area contributed by atoms with E-state index in [1.54, 1.807) is 11.9 Å². The lowest BCUT2D eigenvalue weighted by molar-refractivity contribution is -0.153. The Labute approximate surface area is 122 Å². The van der Waals surface area contributed by atoms with Crippen molar-refractivity contribution in [1.29, 1.82) is 0 Å². The van der Waals surface area contributed by atoms with Gasteiger partial charge in [0.15, 0.2) is 0 Å². The number of carbonyl (C=O) groups is 1. The maximum absolute atomic E-state index is 11.4. The van der Waals surface area contributed by atoms with E-state index in [1.165, 1.54) is 6.08 Å². The summed E-state index contributed by atoms with van der Waals surface area (Å²) in [6, 6.07) is 0. The van der Waals surface area contributed by atoms with Crippen molar-refractivity contribution in [3.05, 3.63) is 12.7 Å². The average Bonchev–Trinajstić information content (AvgIpc) is 2.23. The molecule has 0 spiro atoms. The van der Waals surface area contributed by atoms with Crippen LogP contribution in [0, 0.1) is 5.41 Å². The minimum absolute atomic E-state index is 0.00475. The fourth-order valence-corrected chi connectivity index (χ4v) is 2.87. The van der Waals surface area contributed by atoms with E-state index < -0.39 is 5.60 Å². The minimum atomic E-state index is -0.501. The van der Waals surface area contributed by atoms with Crippen LogP contribution in [0.2, 0.25) is 0 Å². The third-order valence-electron chi connectivity index (χ3n) is 3.51. The molecule has 0 aliphatic carbocycles. The normalized spacial score (nSPS) is 13.2. The first kappa shape index (κ1) is 18.5. The Kier molecular flexibility index (Phi) is 6.63. The lowest BCUT2D eigenvalue weighted by Crippen LogP contribution is -2.44. The molecule has 0 fully saturated rings. The largest absolute Gasteiger partial charge is 0.457 e. The Balaban J connectivity index is 4.82. The number of hydrogen-bond acceptors (Lipinski definition) is 4. The van der Waals surface area contributed by atoms with Crippen LogP contribution in [-0.4, -0.2) is 22.9 Å². The van der Waals surface area contributed by atoms with Crippen LogP contribution < -0.4 is 4.72 Å². The predicted octanol–water partition coefficient (Wildman–Crippen LogP) is 3.95. The predicted molar refractivity (Wildman–Crippen MR) is 84.1 cm³/mol. The average molecular weight is 287 g/mol. The zero-order valence-electron chi connectivity index (χ0n) is 13.4. The van der Waals surface area contributed by atoms with Crippen LogP contribution in [0.15, 0.2) is 12.7 Å². The summed E-state index contributed by atoms with van der Waals surface area (Å²) in [5.74, 6) is -0.363. The Morgan fingerprint density at radius 1 is 1.26 bits per heavy atom. The van der Waals surface area contributed by atoms with E-state index in [9.17, 15) is 4.79 Å². The van der Waals surface area contributed by atoms with E-state index in [2.05, 4.69) is 45.9 Å². The SMILES string of the molecule is C=CC(=O)OC(C)(C)CC(C)(C)C(C)(C)SNCC. The summed E-state index contributed by atoms with van der Waals surface area (Å²) < 4.78 is 8.79. The second kappa shape index (κ2) is 6.80. The van der Waals surface area contributed by atoms with Crippen LogP contribution in [0.4, 0.5) is 0 Å². The molecule has 3 nitrogen and oxygen atoms in total. The van der Waals surface area contributed by atoms with E-state index in [0.717, 1.165) is 13.0 Å². The van der Waals surface area contributed by atoms with Crippen LogP contribution >= 0.6 is 11.9 Å². The summed E-state index contributed by atoms with van der Waals surface area (Å²) in [6.07, 6.45) is 2.00. The van der Waals surface area contributed by atoms with E-state index in [1.807, 2.05) is 13.8 Å². The van der Waals surface area contributed by atoms with Crippen molar-refractivity contribution in [2.24, 2.45) is 5.41 Å². The Bertz CT molecular complexity index is 322. The first-order valence-electron chi connectivity index (χ1n) is 6.74. The van der Waals surface area contributed by atoms with Gasteiger partial charge in [-0.05, 0) is 39.5 Å². The van der Waals surface area contributed by atoms with Crippen molar-refractivity contribution in [3.8, 4) is 0 Å². The smallest absolute Gasteiger partial charge is 0.330 e. The number of carbonyl (C=O) groups excluding carboxylic acids is 1. The molecule has 0 rings (SSSR count). The molecule has 4 heteroatoms. The van der Waals surface area contributed by atoms with Crippen molar-refractivity contribution in [3.63, 3.8) is 0 Å². The second-order valence-electron chi connectivity index (χ2n) is 6.56. The number of nitrogens with one attached hydrogen (secondary N) is 1. The molecule has 0 saturated heterocycles. The van der Waals surface area contributed by atoms with Crippen molar-refractivity contribution in [1.82, 2.24) is 4.72 Å². The Hall–Kier alpha value is -0.480. The summed E-state index contributed by atoms with van der Waals surface area (Å²) in [6.45, 7) is 19.2. The number of rotatable bonds is 8. The number of ether oxygens (including phenoxy) is 1. The molecule has 0 saturated carbocycles. The molecule has 0 aromatic carbocycles. The van der Waals surface area contributed by atoms with E-state index in [0.29, 0.717) is 0 Å². The summed E-state index contributed by atoms with van der Waals surface area (Å²) in [4.78, 5) is 11.4. The fourth-order valence-electron chi connectivity index (χ4n) is 2.02. The third kappa shape index (κ3) is 6.00. The molecule has 0 heterocycles. The van der Waals surface area contributed by atoms with Gasteiger partial charge in [0.05, 0.1) is 0 Å². The van der Waals surface area contributed by atoms with Crippen LogP contribution in [0.3, 0.4) is 0 Å². The fraction of sp³-hybridized carbons (Fsp3) is 0.800. The molecule has 19 heavy (non-hydrogen) atoms. The molecular formula is C15H29NO2S. The molecule has 0 aromatic rings. The van der Waals surface area contributed by atoms with Crippen LogP contribution in [-0.2, 0) is 9.53 Å². The summed E-state index contributed by atoms with van der Waals surface area (Å²) in [5, 5.41) is 0. The highest BCUT2D eigenvalue weighted by atomic mass is 32.2. The van der Waals surface area contributed by atoms with Gasteiger partial charge in [0, 0.05) is 17.4 Å². The first-order valence-corrected chi connectivity index (χ1v) is 7.55. The van der Waals surface area contributed by atoms with Gasteiger partial charge >= 0.3 is 5.97 Å². The molecule has 0 unspecified atom stereocenters. The first-order chi connectivity index (χ1) is 8.47. The highest BCUT2D eigenvalue weighted by Crippen LogP contribution is 2.45. The van der Waals surface area contributed by atoms with E-state index in [-0.39, 0.29) is 16.1 Å². The molecule has 0 aromatic heterocycles. The van der Waals surface area contributed by atoms with Gasteiger partial charge < -0.3 is 4.74 Å². The topological polar surface area (TPSA) is 38.3 Å². The van der Waals surface area contributed by atoms with Gasteiger partial charge in [0.2, 0.25) is 0 Å². The Morgan fingerprint density at radius 2 is 1.79 bits per heavy atom. The van der Waals surface area contributed by atoms with Gasteiger partial charge in [-0.3, -0.25) is 4.72 Å². The summed E-state index contributed by atoms with van der Waals surface area (Å²) >= 11 is 1.74. The van der Waals surface area contributed by atoms with Crippen LogP contribution in [0.25, 0.3) is 0 Å². The van der Waals surface area contributed by atoms with Gasteiger partial charge in [0.1, 0.15) is 5.60 Å². The highest BCUT2D eigenvalue weighted by molar-refractivity contribution is 7.98. The second-order valence-corrected chi connectivity index (χ2v) is 8.07. The van der Waals surface area contributed by atoms with Gasteiger partial charge in [-0.2, -0.15) is 0 Å². The maximum Gasteiger partial charge on any atom is 0.330 e. The van der Waals surface area contributed by atoms with Crippen molar-refractivity contribution in [2.45, 2.75) is 65.2 Å². The Morgan fingerprint density at radius 3 is 2.21 bits per heavy atom. The van der Waals surface area contributed by atoms with Gasteiger partial charge in [0.25, 0.3) is 0 Å². The molecule has 0 radical (unpaired) electrons. The molecule has 0 atom stereocenters. The maximum atomic E-state index is 11.4. The lowest BCUT2D eigenvalue weighted by Gasteiger charge is -2.44.